The number of aryl methyl sites for hydroxylation is 4. The van der Waals surface area contributed by atoms with Crippen molar-refractivity contribution < 1.29 is 4.57 Å². The normalized spacial score (nSPS) is 13.2. The second-order valence-corrected chi connectivity index (χ2v) is 17.6. The number of hydrogen-bond acceptors (Lipinski definition) is 5. The van der Waals surface area contributed by atoms with Gasteiger partial charge in [-0.05, 0) is 124 Å². The summed E-state index contributed by atoms with van der Waals surface area (Å²) in [6.07, 6.45) is 5.67. The van der Waals surface area contributed by atoms with E-state index in [4.69, 9.17) is 4.98 Å². The Morgan fingerprint density at radius 3 is 1.57 bits per heavy atom. The Balaban J connectivity index is 1.10. The standard InChI is InChI=1S/C58H47B2N7/c1-41-20-16-21-42(2)56(41)59-64(46-26-10-6-11-27-46)53-36-35-50(67-58-54(34-19-37-61-58)65(47-28-12-7-13-29-47)60(67)57-43(3)22-17-23-44(57)4)39-55(53)66(59)49-31-18-30-48(38-49)63-40-62(45-24-8-5-9-25-45)51-32-14-15-33-52(51)63/h5-39H,1-4H3. The van der Waals surface area contributed by atoms with E-state index in [1.807, 2.05) is 6.20 Å². The molecule has 0 unspecified atom stereocenters. The van der Waals surface area contributed by atoms with E-state index in [9.17, 15) is 0 Å². The molecule has 67 heavy (non-hydrogen) atoms. The first-order chi connectivity index (χ1) is 32.9. The van der Waals surface area contributed by atoms with Gasteiger partial charge in [-0.15, -0.1) is 0 Å². The van der Waals surface area contributed by atoms with E-state index >= 15 is 0 Å². The molecule has 12 rings (SSSR count). The minimum atomic E-state index is -0.219. The summed E-state index contributed by atoms with van der Waals surface area (Å²) in [6, 6.07) is 74.2. The van der Waals surface area contributed by atoms with Crippen LogP contribution in [0.25, 0.3) is 22.4 Å². The summed E-state index contributed by atoms with van der Waals surface area (Å²) in [5, 5.41) is 0. The number of anilines is 8. The van der Waals surface area contributed by atoms with Crippen molar-refractivity contribution in [3.63, 3.8) is 0 Å². The van der Waals surface area contributed by atoms with E-state index in [-0.39, 0.29) is 14.0 Å². The van der Waals surface area contributed by atoms with Crippen molar-refractivity contribution in [2.45, 2.75) is 27.7 Å². The lowest BCUT2D eigenvalue weighted by molar-refractivity contribution is -0.572. The van der Waals surface area contributed by atoms with Crippen molar-refractivity contribution in [1.29, 1.82) is 0 Å². The van der Waals surface area contributed by atoms with Gasteiger partial charge in [0.15, 0.2) is 0 Å². The van der Waals surface area contributed by atoms with Gasteiger partial charge in [0.05, 0.1) is 39.5 Å². The molecule has 8 aromatic carbocycles. The number of nitrogens with zero attached hydrogens (tertiary/aromatic N) is 7. The van der Waals surface area contributed by atoms with Crippen LogP contribution in [0.1, 0.15) is 22.3 Å². The lowest BCUT2D eigenvalue weighted by Gasteiger charge is -2.33. The molecule has 320 valence electrons. The second kappa shape index (κ2) is 16.3. The Morgan fingerprint density at radius 1 is 0.403 bits per heavy atom. The minimum Gasteiger partial charge on any atom is -0.360 e. The largest absolute Gasteiger partial charge is 0.422 e. The molecule has 2 aliphatic rings. The summed E-state index contributed by atoms with van der Waals surface area (Å²) in [5.74, 6) is 0.915. The SMILES string of the molecule is Cc1cccc(C)c1B1N(c2ccccc2)c2ccc(N3B(c4c(C)cccc4C)N(c4ccccc4)c4cccnc43)cc2N1c1cccc(-n2[c-][n+](-c3ccccc3)c3ccccc32)c1. The molecule has 10 aromatic rings. The molecule has 4 heterocycles. The van der Waals surface area contributed by atoms with Crippen molar-refractivity contribution in [3.05, 3.63) is 241 Å². The monoisotopic (exact) mass is 863 g/mol. The molecule has 0 aliphatic carbocycles. The van der Waals surface area contributed by atoms with E-state index in [2.05, 4.69) is 269 Å². The number of benzene rings is 8. The number of fused-ring (bicyclic) bond motifs is 3. The summed E-state index contributed by atoms with van der Waals surface area (Å²) in [7, 11) is 0. The van der Waals surface area contributed by atoms with Gasteiger partial charge in [-0.3, -0.25) is 9.13 Å². The van der Waals surface area contributed by atoms with Gasteiger partial charge < -0.3 is 19.2 Å². The highest BCUT2D eigenvalue weighted by Gasteiger charge is 2.49. The van der Waals surface area contributed by atoms with Crippen LogP contribution in [0.5, 0.6) is 0 Å². The maximum atomic E-state index is 5.19. The molecule has 0 saturated heterocycles. The molecule has 7 nitrogen and oxygen atoms in total. The van der Waals surface area contributed by atoms with Gasteiger partial charge in [-0.2, -0.15) is 0 Å². The average Bonchev–Trinajstić information content (AvgIpc) is 4.03. The quantitative estimate of drug-likeness (QED) is 0.0864. The van der Waals surface area contributed by atoms with Crippen molar-refractivity contribution in [1.82, 2.24) is 9.55 Å². The summed E-state index contributed by atoms with van der Waals surface area (Å²) in [4.78, 5) is 15.2. The Bertz CT molecular complexity index is 3430. The molecule has 2 aromatic heterocycles. The van der Waals surface area contributed by atoms with Crippen LogP contribution in [0.15, 0.2) is 212 Å². The summed E-state index contributed by atoms with van der Waals surface area (Å²) < 4.78 is 4.35. The molecule has 0 bridgehead atoms. The van der Waals surface area contributed by atoms with Crippen LogP contribution in [0.4, 0.5) is 45.6 Å². The number of imidazole rings is 1. The zero-order valence-electron chi connectivity index (χ0n) is 38.0. The van der Waals surface area contributed by atoms with Gasteiger partial charge in [-0.1, -0.05) is 144 Å². The molecule has 0 saturated carbocycles. The smallest absolute Gasteiger partial charge is 0.360 e. The average molecular weight is 864 g/mol. The lowest BCUT2D eigenvalue weighted by atomic mass is 9.61. The third-order valence-electron chi connectivity index (χ3n) is 13.6. The fourth-order valence-electron chi connectivity index (χ4n) is 10.6. The Labute approximate surface area is 393 Å². The third-order valence-corrected chi connectivity index (χ3v) is 13.6. The van der Waals surface area contributed by atoms with Gasteiger partial charge in [0.2, 0.25) is 0 Å². The van der Waals surface area contributed by atoms with Gasteiger partial charge in [0.25, 0.3) is 6.33 Å². The van der Waals surface area contributed by atoms with E-state index in [1.54, 1.807) is 0 Å². The van der Waals surface area contributed by atoms with Crippen LogP contribution in [-0.2, 0) is 0 Å². The van der Waals surface area contributed by atoms with Crippen molar-refractivity contribution in [2.75, 3.05) is 19.2 Å². The Hall–Kier alpha value is -8.29. The van der Waals surface area contributed by atoms with Gasteiger partial charge >= 0.3 is 14.0 Å². The fourth-order valence-corrected chi connectivity index (χ4v) is 10.6. The molecular formula is C58H47B2N7. The molecule has 0 N–H and O–H groups in total. The number of pyridine rings is 1. The van der Waals surface area contributed by atoms with Gasteiger partial charge in [-0.25, -0.2) is 4.98 Å². The Morgan fingerprint density at radius 2 is 0.910 bits per heavy atom. The molecule has 0 radical (unpaired) electrons. The molecule has 0 amide bonds. The van der Waals surface area contributed by atoms with Crippen LogP contribution < -0.4 is 34.7 Å². The topological polar surface area (TPSA) is 34.7 Å². The summed E-state index contributed by atoms with van der Waals surface area (Å²) >= 11 is 0. The molecule has 0 atom stereocenters. The lowest BCUT2D eigenvalue weighted by Crippen LogP contribution is -2.55. The fraction of sp³-hybridized carbons (Fsp3) is 0.0690. The summed E-state index contributed by atoms with van der Waals surface area (Å²) in [5.41, 5.74) is 19.3. The maximum absolute atomic E-state index is 5.19. The number of hydrogen-bond donors (Lipinski definition) is 0. The molecule has 9 heteroatoms. The highest BCUT2D eigenvalue weighted by atomic mass is 15.3. The summed E-state index contributed by atoms with van der Waals surface area (Å²) in [6.45, 7) is 8.53. The van der Waals surface area contributed by atoms with Crippen LogP contribution in [0, 0.1) is 34.0 Å². The van der Waals surface area contributed by atoms with Crippen molar-refractivity contribution >= 4 is 81.6 Å². The Kier molecular flexibility index (Phi) is 9.79. The van der Waals surface area contributed by atoms with Crippen molar-refractivity contribution in [2.24, 2.45) is 0 Å². The minimum absolute atomic E-state index is 0.210. The zero-order valence-corrected chi connectivity index (χ0v) is 38.0. The maximum Gasteiger partial charge on any atom is 0.422 e. The van der Waals surface area contributed by atoms with E-state index < -0.39 is 0 Å². The van der Waals surface area contributed by atoms with E-state index in [0.29, 0.717) is 0 Å². The number of rotatable bonds is 8. The van der Waals surface area contributed by atoms with Crippen LogP contribution >= 0.6 is 0 Å². The van der Waals surface area contributed by atoms with Crippen LogP contribution in [-0.4, -0.2) is 23.5 Å². The van der Waals surface area contributed by atoms with E-state index in [1.165, 1.54) is 33.2 Å². The zero-order chi connectivity index (χ0) is 45.2. The highest BCUT2D eigenvalue weighted by molar-refractivity contribution is 6.86. The first kappa shape index (κ1) is 40.2. The highest BCUT2D eigenvalue weighted by Crippen LogP contribution is 2.51. The van der Waals surface area contributed by atoms with Crippen molar-refractivity contribution in [3.8, 4) is 11.4 Å². The number of para-hydroxylation sites is 5. The first-order valence-electron chi connectivity index (χ1n) is 23.0. The van der Waals surface area contributed by atoms with Crippen LogP contribution in [0.3, 0.4) is 0 Å². The third kappa shape index (κ3) is 6.60. The molecular weight excluding hydrogens is 816 g/mol. The van der Waals surface area contributed by atoms with Gasteiger partial charge in [0, 0.05) is 28.9 Å². The first-order valence-corrected chi connectivity index (χ1v) is 23.0. The predicted octanol–water partition coefficient (Wildman–Crippen LogP) is 11.7. The number of aromatic nitrogens is 3. The second-order valence-electron chi connectivity index (χ2n) is 17.6. The van der Waals surface area contributed by atoms with Gasteiger partial charge in [0.1, 0.15) is 5.82 Å². The van der Waals surface area contributed by atoms with E-state index in [0.717, 1.165) is 68.0 Å². The molecule has 2 aliphatic heterocycles. The van der Waals surface area contributed by atoms with Crippen LogP contribution in [0.2, 0.25) is 0 Å². The molecule has 0 fully saturated rings. The predicted molar refractivity (Wildman–Crippen MR) is 278 cm³/mol. The molecule has 0 spiro atoms.